The van der Waals surface area contributed by atoms with Gasteiger partial charge in [-0.2, -0.15) is 0 Å². The van der Waals surface area contributed by atoms with Crippen LogP contribution in [0.1, 0.15) is 40.3 Å². The van der Waals surface area contributed by atoms with Crippen LogP contribution in [0.15, 0.2) is 30.7 Å². The van der Waals surface area contributed by atoms with Gasteiger partial charge in [-0.15, -0.1) is 10.2 Å². The Morgan fingerprint density at radius 2 is 2.13 bits per heavy atom. The largest absolute Gasteiger partial charge is 0.494 e. The fourth-order valence-corrected chi connectivity index (χ4v) is 3.24. The van der Waals surface area contributed by atoms with Gasteiger partial charge in [0.05, 0.1) is 18.9 Å². The van der Waals surface area contributed by atoms with Gasteiger partial charge in [-0.1, -0.05) is 17.3 Å². The van der Waals surface area contributed by atoms with Crippen LogP contribution in [0, 0.1) is 17.8 Å². The van der Waals surface area contributed by atoms with Crippen LogP contribution in [-0.4, -0.2) is 33.2 Å². The molecule has 3 aromatic rings. The van der Waals surface area contributed by atoms with Crippen molar-refractivity contribution in [1.29, 1.82) is 0 Å². The second kappa shape index (κ2) is 8.51. The molecule has 1 aliphatic carbocycles. The lowest BCUT2D eigenvalue weighted by Crippen LogP contribution is -2.13. The molecule has 30 heavy (non-hydrogen) atoms. The van der Waals surface area contributed by atoms with Gasteiger partial charge in [-0.3, -0.25) is 20.1 Å². The fourth-order valence-electron chi connectivity index (χ4n) is 2.64. The molecule has 1 amide bonds. The molecule has 0 unspecified atom stereocenters. The van der Waals surface area contributed by atoms with Gasteiger partial charge in [-0.05, 0) is 30.9 Å². The van der Waals surface area contributed by atoms with E-state index in [1.807, 2.05) is 0 Å². The number of anilines is 1. The molecule has 0 atom stereocenters. The Hall–Kier alpha value is -3.45. The number of methoxy groups -OCH3 is 1. The van der Waals surface area contributed by atoms with Gasteiger partial charge >= 0.3 is 0 Å². The average molecular weight is 427 g/mol. The number of ether oxygens (including phenoxy) is 1. The third kappa shape index (κ3) is 4.41. The maximum Gasteiger partial charge on any atom is 0.280 e. The highest BCUT2D eigenvalue weighted by atomic mass is 32.1. The molecule has 7 nitrogen and oxygen atoms in total. The number of hydrogen-bond acceptors (Lipinski definition) is 7. The first-order chi connectivity index (χ1) is 14.5. The topological polar surface area (TPSA) is 89.9 Å². The van der Waals surface area contributed by atoms with Crippen molar-refractivity contribution in [3.8, 4) is 28.7 Å². The molecular formula is C20H15F2N5O2S. The molecule has 10 heteroatoms. The monoisotopic (exact) mass is 427 g/mol. The molecule has 1 saturated carbocycles. The predicted octanol–water partition coefficient (Wildman–Crippen LogP) is 3.96. The summed E-state index contributed by atoms with van der Waals surface area (Å²) in [6.45, 7) is 0. The number of nitrogens with one attached hydrogen (secondary N) is 1. The minimum Gasteiger partial charge on any atom is -0.494 e. The molecule has 152 valence electrons. The Morgan fingerprint density at radius 3 is 2.87 bits per heavy atom. The third-order valence-electron chi connectivity index (χ3n) is 4.29. The van der Waals surface area contributed by atoms with E-state index < -0.39 is 18.0 Å². The molecule has 3 heterocycles. The van der Waals surface area contributed by atoms with Gasteiger partial charge in [0.2, 0.25) is 5.13 Å². The number of hydrogen-bond donors (Lipinski definition) is 1. The minimum atomic E-state index is -2.76. The summed E-state index contributed by atoms with van der Waals surface area (Å²) in [6.07, 6.45) is 3.49. The fraction of sp³-hybridized carbons (Fsp3) is 0.250. The van der Waals surface area contributed by atoms with Crippen LogP contribution < -0.4 is 10.1 Å². The molecule has 0 saturated heterocycles. The van der Waals surface area contributed by atoms with Crippen LogP contribution in [0.4, 0.5) is 13.9 Å². The molecule has 0 spiro atoms. The van der Waals surface area contributed by atoms with Gasteiger partial charge in [0.15, 0.2) is 5.01 Å². The predicted molar refractivity (Wildman–Crippen MR) is 106 cm³/mol. The maximum absolute atomic E-state index is 13.1. The first kappa shape index (κ1) is 19.8. The quantitative estimate of drug-likeness (QED) is 0.620. The lowest BCUT2D eigenvalue weighted by molar-refractivity contribution is 0.102. The normalized spacial score (nSPS) is 12.9. The highest BCUT2D eigenvalue weighted by molar-refractivity contribution is 7.15. The molecule has 0 radical (unpaired) electrons. The average Bonchev–Trinajstić information content (AvgIpc) is 3.49. The van der Waals surface area contributed by atoms with Gasteiger partial charge in [0.1, 0.15) is 11.4 Å². The van der Waals surface area contributed by atoms with Gasteiger partial charge in [0.25, 0.3) is 12.3 Å². The zero-order valence-electron chi connectivity index (χ0n) is 15.7. The second-order valence-electron chi connectivity index (χ2n) is 6.44. The number of pyridine rings is 2. The summed E-state index contributed by atoms with van der Waals surface area (Å²) in [6, 6.07) is 2.68. The van der Waals surface area contributed by atoms with Crippen molar-refractivity contribution in [2.45, 2.75) is 19.3 Å². The molecule has 1 fully saturated rings. The van der Waals surface area contributed by atoms with Gasteiger partial charge in [0, 0.05) is 29.4 Å². The van der Waals surface area contributed by atoms with Gasteiger partial charge in [-0.25, -0.2) is 8.78 Å². The number of carbonyl (C=O) groups excluding carboxylic acids is 1. The van der Waals surface area contributed by atoms with Gasteiger partial charge < -0.3 is 4.74 Å². The zero-order valence-corrected chi connectivity index (χ0v) is 16.5. The number of carbonyl (C=O) groups is 1. The summed E-state index contributed by atoms with van der Waals surface area (Å²) >= 11 is 1.16. The smallest absolute Gasteiger partial charge is 0.280 e. The van der Waals surface area contributed by atoms with E-state index in [2.05, 4.69) is 37.3 Å². The van der Waals surface area contributed by atoms with Crippen molar-refractivity contribution in [3.63, 3.8) is 0 Å². The summed E-state index contributed by atoms with van der Waals surface area (Å²) in [5.74, 6) is 6.23. The van der Waals surface area contributed by atoms with E-state index in [0.717, 1.165) is 24.2 Å². The number of nitrogens with zero attached hydrogens (tertiary/aromatic N) is 4. The standard InChI is InChI=1S/C20H15F2N5O2S/c1-29-16-10-24-15(18(21)22)8-13(16)14-9-23-7-6-12(14)19(28)25-20-27-26-17(30-20)5-4-11-2-3-11/h6-11,18H,2-3H2,1H3,(H,25,27,28). The highest BCUT2D eigenvalue weighted by Gasteiger charge is 2.21. The van der Waals surface area contributed by atoms with Crippen molar-refractivity contribution >= 4 is 22.4 Å². The van der Waals surface area contributed by atoms with Crippen LogP contribution in [0.25, 0.3) is 11.1 Å². The van der Waals surface area contributed by atoms with Crippen molar-refractivity contribution in [2.24, 2.45) is 5.92 Å². The van der Waals surface area contributed by atoms with Crippen LogP contribution in [0.3, 0.4) is 0 Å². The summed E-state index contributed by atoms with van der Waals surface area (Å²) in [5.41, 5.74) is 0.406. The van der Waals surface area contributed by atoms with E-state index in [-0.39, 0.29) is 22.0 Å². The zero-order chi connectivity index (χ0) is 21.1. The summed E-state index contributed by atoms with van der Waals surface area (Å²) in [7, 11) is 1.39. The van der Waals surface area contributed by atoms with Crippen LogP contribution >= 0.6 is 11.3 Å². The van der Waals surface area contributed by atoms with Crippen molar-refractivity contribution < 1.29 is 18.3 Å². The Bertz CT molecular complexity index is 1150. The summed E-state index contributed by atoms with van der Waals surface area (Å²) in [5, 5.41) is 11.4. The van der Waals surface area contributed by atoms with E-state index in [1.165, 1.54) is 37.8 Å². The molecule has 0 aromatic carbocycles. The van der Waals surface area contributed by atoms with Crippen molar-refractivity contribution in [2.75, 3.05) is 12.4 Å². The highest BCUT2D eigenvalue weighted by Crippen LogP contribution is 2.34. The summed E-state index contributed by atoms with van der Waals surface area (Å²) in [4.78, 5) is 20.6. The lowest BCUT2D eigenvalue weighted by Gasteiger charge is -2.13. The van der Waals surface area contributed by atoms with Crippen molar-refractivity contribution in [3.05, 3.63) is 47.0 Å². The number of rotatable bonds is 5. The third-order valence-corrected chi connectivity index (χ3v) is 5.05. The maximum atomic E-state index is 13.1. The number of alkyl halides is 2. The van der Waals surface area contributed by atoms with E-state index in [0.29, 0.717) is 16.5 Å². The Morgan fingerprint density at radius 1 is 1.30 bits per heavy atom. The first-order valence-corrected chi connectivity index (χ1v) is 9.79. The van der Waals surface area contributed by atoms with E-state index in [9.17, 15) is 13.6 Å². The molecule has 0 aliphatic heterocycles. The van der Waals surface area contributed by atoms with Crippen molar-refractivity contribution in [1.82, 2.24) is 20.2 Å². The Labute approximate surface area is 174 Å². The molecule has 1 aliphatic rings. The Balaban J connectivity index is 1.63. The van der Waals surface area contributed by atoms with Crippen LogP contribution in [0.5, 0.6) is 5.75 Å². The first-order valence-electron chi connectivity index (χ1n) is 8.98. The number of halogens is 2. The summed E-state index contributed by atoms with van der Waals surface area (Å²) < 4.78 is 31.5. The van der Waals surface area contributed by atoms with Crippen LogP contribution in [-0.2, 0) is 0 Å². The molecule has 0 bridgehead atoms. The molecular weight excluding hydrogens is 412 g/mol. The van der Waals surface area contributed by atoms with E-state index in [4.69, 9.17) is 4.74 Å². The molecule has 1 N–H and O–H groups in total. The van der Waals surface area contributed by atoms with Crippen LogP contribution in [0.2, 0.25) is 0 Å². The number of amides is 1. The van der Waals surface area contributed by atoms with E-state index >= 15 is 0 Å². The van der Waals surface area contributed by atoms with E-state index in [1.54, 1.807) is 0 Å². The molecule has 4 rings (SSSR count). The SMILES string of the molecule is COc1cnc(C(F)F)cc1-c1cnccc1C(=O)Nc1nnc(C#CC2CC2)s1. The Kier molecular flexibility index (Phi) is 5.63. The second-order valence-corrected chi connectivity index (χ2v) is 7.42. The number of aromatic nitrogens is 4. The minimum absolute atomic E-state index is 0.218. The molecule has 3 aromatic heterocycles. The lowest BCUT2D eigenvalue weighted by atomic mass is 10.0.